The van der Waals surface area contributed by atoms with E-state index in [1.165, 1.54) is 4.68 Å². The third kappa shape index (κ3) is 2.52. The van der Waals surface area contributed by atoms with Crippen LogP contribution in [-0.2, 0) is 6.18 Å². The number of hydrogen-bond acceptors (Lipinski definition) is 1. The van der Waals surface area contributed by atoms with Gasteiger partial charge in [-0.2, -0.15) is 18.3 Å². The summed E-state index contributed by atoms with van der Waals surface area (Å²) in [7, 11) is 0. The largest absolute Gasteiger partial charge is 0.435 e. The summed E-state index contributed by atoms with van der Waals surface area (Å²) in [5.41, 5.74) is 0.151. The first-order valence-corrected chi connectivity index (χ1v) is 5.57. The summed E-state index contributed by atoms with van der Waals surface area (Å²) in [6, 6.07) is 7.98. The molecule has 0 amide bonds. The molecule has 0 N–H and O–H groups in total. The van der Waals surface area contributed by atoms with Gasteiger partial charge in [-0.1, -0.05) is 22.0 Å². The molecule has 2 rings (SSSR count). The lowest BCUT2D eigenvalue weighted by molar-refractivity contribution is -0.141. The number of rotatable bonds is 1. The Morgan fingerprint density at radius 1 is 1.24 bits per heavy atom. The zero-order chi connectivity index (χ0) is 12.6. The SMILES string of the molecule is Cc1cc(C(F)(F)F)nn1-c1cccc(Br)c1. The van der Waals surface area contributed by atoms with Crippen LogP contribution in [0.1, 0.15) is 11.4 Å². The molecule has 6 heteroatoms. The van der Waals surface area contributed by atoms with E-state index in [-0.39, 0.29) is 0 Å². The highest BCUT2D eigenvalue weighted by atomic mass is 79.9. The van der Waals surface area contributed by atoms with E-state index >= 15 is 0 Å². The number of aromatic nitrogens is 2. The molecule has 0 spiro atoms. The molecule has 0 fully saturated rings. The van der Waals surface area contributed by atoms with Gasteiger partial charge in [-0.3, -0.25) is 0 Å². The first kappa shape index (κ1) is 12.2. The van der Waals surface area contributed by atoms with Crippen LogP contribution < -0.4 is 0 Å². The molecule has 0 aliphatic rings. The Morgan fingerprint density at radius 2 is 1.94 bits per heavy atom. The molecule has 0 radical (unpaired) electrons. The predicted molar refractivity (Wildman–Crippen MR) is 61.0 cm³/mol. The Morgan fingerprint density at radius 3 is 2.47 bits per heavy atom. The summed E-state index contributed by atoms with van der Waals surface area (Å²) < 4.78 is 39.5. The molecule has 0 saturated carbocycles. The highest BCUT2D eigenvalue weighted by Gasteiger charge is 2.34. The van der Waals surface area contributed by atoms with Gasteiger partial charge >= 0.3 is 6.18 Å². The summed E-state index contributed by atoms with van der Waals surface area (Å²) in [4.78, 5) is 0. The predicted octanol–water partition coefficient (Wildman–Crippen LogP) is 3.96. The van der Waals surface area contributed by atoms with Gasteiger partial charge in [-0.05, 0) is 31.2 Å². The molecule has 1 heterocycles. The summed E-state index contributed by atoms with van der Waals surface area (Å²) >= 11 is 3.27. The fourth-order valence-corrected chi connectivity index (χ4v) is 1.87. The molecule has 0 bridgehead atoms. The molecule has 0 aliphatic heterocycles. The topological polar surface area (TPSA) is 17.8 Å². The van der Waals surface area contributed by atoms with E-state index in [1.54, 1.807) is 31.2 Å². The molecule has 0 atom stereocenters. The van der Waals surface area contributed by atoms with Crippen molar-refractivity contribution in [1.82, 2.24) is 9.78 Å². The van der Waals surface area contributed by atoms with Crippen LogP contribution >= 0.6 is 15.9 Å². The number of halogens is 4. The Kier molecular flexibility index (Phi) is 2.99. The third-order valence-electron chi connectivity index (χ3n) is 2.23. The van der Waals surface area contributed by atoms with Crippen molar-refractivity contribution < 1.29 is 13.2 Å². The molecule has 90 valence electrons. The second-order valence-corrected chi connectivity index (χ2v) is 4.48. The maximum atomic E-state index is 12.5. The minimum atomic E-state index is -4.41. The molecular weight excluding hydrogens is 297 g/mol. The maximum absolute atomic E-state index is 12.5. The van der Waals surface area contributed by atoms with Crippen molar-refractivity contribution in [3.8, 4) is 5.69 Å². The second-order valence-electron chi connectivity index (χ2n) is 3.56. The number of hydrogen-bond donors (Lipinski definition) is 0. The average molecular weight is 305 g/mol. The average Bonchev–Trinajstić information content (AvgIpc) is 2.60. The van der Waals surface area contributed by atoms with Crippen LogP contribution in [0.15, 0.2) is 34.8 Å². The van der Waals surface area contributed by atoms with Crippen molar-refractivity contribution in [2.24, 2.45) is 0 Å². The van der Waals surface area contributed by atoms with Gasteiger partial charge in [0.15, 0.2) is 5.69 Å². The standard InChI is InChI=1S/C11H8BrF3N2/c1-7-5-10(11(13,14)15)16-17(7)9-4-2-3-8(12)6-9/h2-6H,1H3. The minimum Gasteiger partial charge on any atom is -0.237 e. The fraction of sp³-hybridized carbons (Fsp3) is 0.182. The van der Waals surface area contributed by atoms with Gasteiger partial charge in [0.05, 0.1) is 5.69 Å². The van der Waals surface area contributed by atoms with Crippen molar-refractivity contribution in [2.45, 2.75) is 13.1 Å². The number of alkyl halides is 3. The molecular formula is C11H8BrF3N2. The molecule has 0 aliphatic carbocycles. The van der Waals surface area contributed by atoms with Crippen LogP contribution in [0.3, 0.4) is 0 Å². The number of nitrogens with zero attached hydrogens (tertiary/aromatic N) is 2. The number of aryl methyl sites for hydroxylation is 1. The van der Waals surface area contributed by atoms with Crippen LogP contribution in [0.4, 0.5) is 13.2 Å². The van der Waals surface area contributed by atoms with Crippen LogP contribution in [0, 0.1) is 6.92 Å². The minimum absolute atomic E-state index is 0.440. The van der Waals surface area contributed by atoms with Crippen LogP contribution in [0.25, 0.3) is 5.69 Å². The quantitative estimate of drug-likeness (QED) is 0.780. The molecule has 1 aromatic carbocycles. The van der Waals surface area contributed by atoms with E-state index in [1.807, 2.05) is 0 Å². The van der Waals surface area contributed by atoms with Crippen LogP contribution in [-0.4, -0.2) is 9.78 Å². The Balaban J connectivity index is 2.50. The third-order valence-corrected chi connectivity index (χ3v) is 2.72. The van der Waals surface area contributed by atoms with Gasteiger partial charge in [-0.15, -0.1) is 0 Å². The molecule has 1 aromatic heterocycles. The lowest BCUT2D eigenvalue weighted by Crippen LogP contribution is -2.07. The van der Waals surface area contributed by atoms with Crippen molar-refractivity contribution in [3.05, 3.63) is 46.2 Å². The molecule has 2 aromatic rings. The van der Waals surface area contributed by atoms with Gasteiger partial charge in [0.1, 0.15) is 0 Å². The normalized spacial score (nSPS) is 11.8. The van der Waals surface area contributed by atoms with Gasteiger partial charge in [0.25, 0.3) is 0 Å². The van der Waals surface area contributed by atoms with Gasteiger partial charge in [0, 0.05) is 10.2 Å². The van der Waals surface area contributed by atoms with E-state index in [0.29, 0.717) is 11.4 Å². The molecule has 0 saturated heterocycles. The smallest absolute Gasteiger partial charge is 0.237 e. The molecule has 17 heavy (non-hydrogen) atoms. The lowest BCUT2D eigenvalue weighted by Gasteiger charge is -2.04. The first-order valence-electron chi connectivity index (χ1n) is 4.78. The van der Waals surface area contributed by atoms with Gasteiger partial charge < -0.3 is 0 Å². The highest BCUT2D eigenvalue weighted by molar-refractivity contribution is 9.10. The summed E-state index contributed by atoms with van der Waals surface area (Å²) in [6.07, 6.45) is -4.41. The van der Waals surface area contributed by atoms with E-state index in [4.69, 9.17) is 0 Å². The highest BCUT2D eigenvalue weighted by Crippen LogP contribution is 2.29. The molecule has 2 nitrogen and oxygen atoms in total. The van der Waals surface area contributed by atoms with Crippen LogP contribution in [0.2, 0.25) is 0 Å². The number of benzene rings is 1. The van der Waals surface area contributed by atoms with Gasteiger partial charge in [-0.25, -0.2) is 4.68 Å². The Bertz CT molecular complexity index is 546. The van der Waals surface area contributed by atoms with Crippen LogP contribution in [0.5, 0.6) is 0 Å². The monoisotopic (exact) mass is 304 g/mol. The van der Waals surface area contributed by atoms with E-state index in [0.717, 1.165) is 10.5 Å². The van der Waals surface area contributed by atoms with Crippen molar-refractivity contribution >= 4 is 15.9 Å². The van der Waals surface area contributed by atoms with Crippen molar-refractivity contribution in [1.29, 1.82) is 0 Å². The summed E-state index contributed by atoms with van der Waals surface area (Å²) in [5, 5.41) is 3.56. The Hall–Kier alpha value is -1.30. The second kappa shape index (κ2) is 4.18. The Labute approximate surface area is 104 Å². The lowest BCUT2D eigenvalue weighted by atomic mass is 10.3. The first-order chi connectivity index (χ1) is 7.88. The van der Waals surface area contributed by atoms with E-state index in [2.05, 4.69) is 21.0 Å². The summed E-state index contributed by atoms with van der Waals surface area (Å²) in [6.45, 7) is 1.59. The van der Waals surface area contributed by atoms with Gasteiger partial charge in [0.2, 0.25) is 0 Å². The van der Waals surface area contributed by atoms with Crippen molar-refractivity contribution in [2.75, 3.05) is 0 Å². The fourth-order valence-electron chi connectivity index (χ4n) is 1.48. The summed E-state index contributed by atoms with van der Waals surface area (Å²) in [5.74, 6) is 0. The molecule has 0 unspecified atom stereocenters. The van der Waals surface area contributed by atoms with Crippen molar-refractivity contribution in [3.63, 3.8) is 0 Å². The van der Waals surface area contributed by atoms with E-state index < -0.39 is 11.9 Å². The zero-order valence-electron chi connectivity index (χ0n) is 8.79. The maximum Gasteiger partial charge on any atom is 0.435 e. The zero-order valence-corrected chi connectivity index (χ0v) is 10.4. The van der Waals surface area contributed by atoms with E-state index in [9.17, 15) is 13.2 Å².